The fourth-order valence-corrected chi connectivity index (χ4v) is 3.75. The molecule has 0 radical (unpaired) electrons. The SMILES string of the molecule is CCOC(=O)c1ccc(NC(=O)[C@H]2Nc3cc(F)ccc3S(=O)(=O)N2)cc1. The summed E-state index contributed by atoms with van der Waals surface area (Å²) in [6.07, 6.45) is -1.32. The van der Waals surface area contributed by atoms with Gasteiger partial charge in [-0.05, 0) is 49.4 Å². The van der Waals surface area contributed by atoms with Crippen molar-refractivity contribution in [3.8, 4) is 0 Å². The number of sulfonamides is 1. The topological polar surface area (TPSA) is 114 Å². The third-order valence-corrected chi connectivity index (χ3v) is 5.21. The van der Waals surface area contributed by atoms with Crippen LogP contribution in [0.2, 0.25) is 0 Å². The second-order valence-electron chi connectivity index (χ2n) is 5.63. The average molecular weight is 393 g/mol. The first-order valence-electron chi connectivity index (χ1n) is 7.96. The molecule has 8 nitrogen and oxygen atoms in total. The summed E-state index contributed by atoms with van der Waals surface area (Å²) in [7, 11) is -3.97. The molecule has 0 saturated carbocycles. The molecule has 1 amide bonds. The molecule has 1 atom stereocenters. The van der Waals surface area contributed by atoms with Crippen molar-refractivity contribution < 1.29 is 27.1 Å². The van der Waals surface area contributed by atoms with Crippen LogP contribution in [0.4, 0.5) is 15.8 Å². The maximum absolute atomic E-state index is 13.4. The van der Waals surface area contributed by atoms with Crippen LogP contribution >= 0.6 is 0 Å². The lowest BCUT2D eigenvalue weighted by molar-refractivity contribution is -0.117. The van der Waals surface area contributed by atoms with Crippen molar-refractivity contribution >= 4 is 33.3 Å². The first-order chi connectivity index (χ1) is 12.8. The molecule has 3 rings (SSSR count). The molecule has 0 bridgehead atoms. The monoisotopic (exact) mass is 393 g/mol. The molecule has 1 aliphatic heterocycles. The number of halogens is 1. The maximum Gasteiger partial charge on any atom is 0.338 e. The van der Waals surface area contributed by atoms with Crippen molar-refractivity contribution in [2.45, 2.75) is 18.0 Å². The number of carbonyl (C=O) groups is 2. The van der Waals surface area contributed by atoms with Gasteiger partial charge >= 0.3 is 5.97 Å². The number of anilines is 2. The maximum atomic E-state index is 13.4. The smallest absolute Gasteiger partial charge is 0.338 e. The Bertz CT molecular complexity index is 992. The van der Waals surface area contributed by atoms with E-state index in [9.17, 15) is 22.4 Å². The summed E-state index contributed by atoms with van der Waals surface area (Å²) in [6.45, 7) is 1.93. The van der Waals surface area contributed by atoms with Gasteiger partial charge in [0.05, 0.1) is 17.9 Å². The normalized spacial score (nSPS) is 17.3. The molecule has 0 saturated heterocycles. The zero-order valence-electron chi connectivity index (χ0n) is 14.2. The molecule has 0 spiro atoms. The number of fused-ring (bicyclic) bond motifs is 1. The van der Waals surface area contributed by atoms with Crippen molar-refractivity contribution in [3.63, 3.8) is 0 Å². The molecule has 2 aromatic carbocycles. The van der Waals surface area contributed by atoms with E-state index in [1.807, 2.05) is 0 Å². The van der Waals surface area contributed by atoms with Crippen molar-refractivity contribution in [2.24, 2.45) is 0 Å². The number of nitrogens with one attached hydrogen (secondary N) is 3. The van der Waals surface area contributed by atoms with Gasteiger partial charge in [0.15, 0.2) is 6.17 Å². The second kappa shape index (κ2) is 7.33. The van der Waals surface area contributed by atoms with Crippen LogP contribution in [0.3, 0.4) is 0 Å². The molecule has 2 aromatic rings. The largest absolute Gasteiger partial charge is 0.462 e. The summed E-state index contributed by atoms with van der Waals surface area (Å²) in [5.74, 6) is -1.82. The van der Waals surface area contributed by atoms with Crippen molar-refractivity contribution in [1.29, 1.82) is 0 Å². The third kappa shape index (κ3) is 4.07. The van der Waals surface area contributed by atoms with Crippen LogP contribution in [-0.2, 0) is 19.6 Å². The molecule has 0 aliphatic carbocycles. The summed E-state index contributed by atoms with van der Waals surface area (Å²) < 4.78 is 44.9. The molecule has 0 fully saturated rings. The number of carbonyl (C=O) groups excluding carboxylic acids is 2. The van der Waals surface area contributed by atoms with Gasteiger partial charge in [-0.15, -0.1) is 0 Å². The zero-order chi connectivity index (χ0) is 19.6. The van der Waals surface area contributed by atoms with E-state index < -0.39 is 33.9 Å². The Morgan fingerprint density at radius 1 is 1.19 bits per heavy atom. The van der Waals surface area contributed by atoms with Crippen LogP contribution < -0.4 is 15.4 Å². The van der Waals surface area contributed by atoms with Crippen LogP contribution in [0.15, 0.2) is 47.4 Å². The quantitative estimate of drug-likeness (QED) is 0.681. The molecule has 142 valence electrons. The fraction of sp³-hybridized carbons (Fsp3) is 0.176. The van der Waals surface area contributed by atoms with Crippen LogP contribution in [0, 0.1) is 5.82 Å². The standard InChI is InChI=1S/C17H16FN3O5S/c1-2-26-17(23)10-3-6-12(7-4-10)19-16(22)15-20-13-9-11(18)5-8-14(13)27(24,25)21-15/h3-9,15,20-21H,2H2,1H3,(H,19,22)/t15-/m0/s1. The third-order valence-electron chi connectivity index (χ3n) is 3.73. The van der Waals surface area contributed by atoms with Crippen molar-refractivity contribution in [2.75, 3.05) is 17.2 Å². The first-order valence-corrected chi connectivity index (χ1v) is 9.45. The summed E-state index contributed by atoms with van der Waals surface area (Å²) in [5.41, 5.74) is 0.654. The number of hydrogen-bond donors (Lipinski definition) is 3. The molecule has 1 heterocycles. The molecule has 0 unspecified atom stereocenters. The number of benzene rings is 2. The molecular formula is C17H16FN3O5S. The molecule has 27 heavy (non-hydrogen) atoms. The molecule has 0 aromatic heterocycles. The van der Waals surface area contributed by atoms with E-state index in [-0.39, 0.29) is 17.2 Å². The Kier molecular flexibility index (Phi) is 5.10. The highest BCUT2D eigenvalue weighted by Gasteiger charge is 2.33. The lowest BCUT2D eigenvalue weighted by Gasteiger charge is -2.27. The van der Waals surface area contributed by atoms with E-state index in [0.717, 1.165) is 18.2 Å². The number of hydrogen-bond acceptors (Lipinski definition) is 6. The van der Waals surface area contributed by atoms with Crippen LogP contribution in [-0.4, -0.2) is 33.1 Å². The molecular weight excluding hydrogens is 377 g/mol. The highest BCUT2D eigenvalue weighted by Crippen LogP contribution is 2.27. The Morgan fingerprint density at radius 3 is 2.56 bits per heavy atom. The second-order valence-corrected chi connectivity index (χ2v) is 7.31. The predicted molar refractivity (Wildman–Crippen MR) is 95.2 cm³/mol. The van der Waals surface area contributed by atoms with Gasteiger partial charge in [0, 0.05) is 5.69 Å². The summed E-state index contributed by atoms with van der Waals surface area (Å²) in [4.78, 5) is 23.9. The highest BCUT2D eigenvalue weighted by atomic mass is 32.2. The van der Waals surface area contributed by atoms with E-state index in [1.54, 1.807) is 6.92 Å². The minimum absolute atomic E-state index is 0.00782. The first kappa shape index (κ1) is 18.8. The van der Waals surface area contributed by atoms with Gasteiger partial charge in [-0.3, -0.25) is 4.79 Å². The number of rotatable bonds is 4. The minimum atomic E-state index is -3.97. The number of ether oxygens (including phenoxy) is 1. The van der Waals surface area contributed by atoms with Gasteiger partial charge in [0.2, 0.25) is 10.0 Å². The van der Waals surface area contributed by atoms with Crippen molar-refractivity contribution in [1.82, 2.24) is 4.72 Å². The Labute approximate surface area is 154 Å². The van der Waals surface area contributed by atoms with E-state index in [2.05, 4.69) is 15.4 Å². The minimum Gasteiger partial charge on any atom is -0.462 e. The number of amides is 1. The van der Waals surface area contributed by atoms with E-state index >= 15 is 0 Å². The van der Waals surface area contributed by atoms with Crippen molar-refractivity contribution in [3.05, 3.63) is 53.8 Å². The Balaban J connectivity index is 1.74. The van der Waals surface area contributed by atoms with E-state index in [0.29, 0.717) is 11.3 Å². The van der Waals surface area contributed by atoms with Gasteiger partial charge in [-0.25, -0.2) is 17.6 Å². The van der Waals surface area contributed by atoms with E-state index in [4.69, 9.17) is 4.74 Å². The predicted octanol–water partition coefficient (Wildman–Crippen LogP) is 1.67. The summed E-state index contributed by atoms with van der Waals surface area (Å²) in [6, 6.07) is 9.04. The van der Waals surface area contributed by atoms with Gasteiger partial charge in [-0.2, -0.15) is 4.72 Å². The van der Waals surface area contributed by atoms with Gasteiger partial charge in [-0.1, -0.05) is 0 Å². The summed E-state index contributed by atoms with van der Waals surface area (Å²) >= 11 is 0. The molecule has 3 N–H and O–H groups in total. The van der Waals surface area contributed by atoms with E-state index in [1.165, 1.54) is 24.3 Å². The Hall–Kier alpha value is -2.98. The summed E-state index contributed by atoms with van der Waals surface area (Å²) in [5, 5.41) is 5.16. The van der Waals surface area contributed by atoms with Gasteiger partial charge in [0.1, 0.15) is 10.7 Å². The van der Waals surface area contributed by atoms with Crippen LogP contribution in [0.1, 0.15) is 17.3 Å². The van der Waals surface area contributed by atoms with Gasteiger partial charge < -0.3 is 15.4 Å². The van der Waals surface area contributed by atoms with Crippen LogP contribution in [0.5, 0.6) is 0 Å². The molecule has 10 heteroatoms. The van der Waals surface area contributed by atoms with Crippen LogP contribution in [0.25, 0.3) is 0 Å². The molecule has 1 aliphatic rings. The Morgan fingerprint density at radius 2 is 1.89 bits per heavy atom. The average Bonchev–Trinajstić information content (AvgIpc) is 2.61. The fourth-order valence-electron chi connectivity index (χ4n) is 2.49. The highest BCUT2D eigenvalue weighted by molar-refractivity contribution is 7.89. The zero-order valence-corrected chi connectivity index (χ0v) is 15.0. The lowest BCUT2D eigenvalue weighted by atomic mass is 10.2. The van der Waals surface area contributed by atoms with Gasteiger partial charge in [0.25, 0.3) is 5.91 Å². The number of esters is 1. The lowest BCUT2D eigenvalue weighted by Crippen LogP contribution is -2.51.